The smallest absolute Gasteiger partial charge is 0.342 e. The van der Waals surface area contributed by atoms with Crippen LogP contribution < -0.4 is 9.61 Å². The van der Waals surface area contributed by atoms with Crippen LogP contribution in [0.2, 0.25) is 0 Å². The Balaban J connectivity index is 1.86. The molecule has 0 spiro atoms. The van der Waals surface area contributed by atoms with Crippen LogP contribution in [0.4, 0.5) is 0 Å². The van der Waals surface area contributed by atoms with Crippen LogP contribution in [0.3, 0.4) is 0 Å². The molecule has 0 aliphatic carbocycles. The molecule has 2 aromatic carbocycles. The van der Waals surface area contributed by atoms with Gasteiger partial charge in [0, 0.05) is 17.7 Å². The lowest BCUT2D eigenvalue weighted by molar-refractivity contribution is 0.0533. The monoisotopic (exact) mass is 443 g/mol. The zero-order valence-corrected chi connectivity index (χ0v) is 19.4. The van der Waals surface area contributed by atoms with Crippen LogP contribution in [0.25, 0.3) is 0 Å². The van der Waals surface area contributed by atoms with Crippen LogP contribution in [0.1, 0.15) is 53.4 Å². The van der Waals surface area contributed by atoms with Crippen molar-refractivity contribution >= 4 is 13.5 Å². The first kappa shape index (κ1) is 23.1. The molecule has 1 atom stereocenters. The number of allylic oxidation sites excluding steroid dienone is 2. The summed E-state index contributed by atoms with van der Waals surface area (Å²) in [5.74, 6) is 0.0748. The quantitative estimate of drug-likeness (QED) is 0.311. The van der Waals surface area contributed by atoms with Gasteiger partial charge in [-0.1, -0.05) is 43.7 Å². The molecule has 0 saturated carbocycles. The van der Waals surface area contributed by atoms with Crippen LogP contribution >= 0.6 is 7.52 Å². The molecule has 2 N–H and O–H groups in total. The molecule has 0 fully saturated rings. The number of benzene rings is 2. The zero-order valence-electron chi connectivity index (χ0n) is 18.5. The molecule has 0 radical (unpaired) electrons. The normalized spacial score (nSPS) is 15.4. The van der Waals surface area contributed by atoms with Crippen molar-refractivity contribution < 1.29 is 23.7 Å². The molecule has 2 aromatic rings. The standard InChI is InChI=1S/C24H30NO5P/c1-5-19-17(4)21-14-29-24(27)22(21)23(26)20(19)13-12-16(3)15-31(28,25-6-2)30-18-10-8-7-9-11-18/h7-12,26H,5-6,13-15H2,1-4H3,(H,25,28)/b16-12+. The molecular weight excluding hydrogens is 413 g/mol. The maximum Gasteiger partial charge on any atom is 0.342 e. The number of hydrogen-bond donors (Lipinski definition) is 2. The van der Waals surface area contributed by atoms with Crippen molar-refractivity contribution in [3.63, 3.8) is 0 Å². The van der Waals surface area contributed by atoms with Crippen LogP contribution in [-0.2, 0) is 28.8 Å². The van der Waals surface area contributed by atoms with Gasteiger partial charge in [-0.05, 0) is 49.9 Å². The average molecular weight is 443 g/mol. The molecule has 0 saturated heterocycles. The Bertz CT molecular complexity index is 1050. The number of aromatic hydroxyl groups is 1. The molecule has 31 heavy (non-hydrogen) atoms. The highest BCUT2D eigenvalue weighted by molar-refractivity contribution is 7.57. The number of nitrogens with one attached hydrogen (secondary N) is 1. The summed E-state index contributed by atoms with van der Waals surface area (Å²) < 4.78 is 24.3. The first-order valence-corrected chi connectivity index (χ1v) is 12.4. The van der Waals surface area contributed by atoms with Crippen molar-refractivity contribution in [2.75, 3.05) is 12.7 Å². The van der Waals surface area contributed by atoms with Gasteiger partial charge < -0.3 is 14.4 Å². The van der Waals surface area contributed by atoms with E-state index in [1.807, 2.05) is 52.0 Å². The number of carbonyl (C=O) groups excluding carboxylic acids is 1. The van der Waals surface area contributed by atoms with Gasteiger partial charge in [-0.3, -0.25) is 4.57 Å². The Morgan fingerprint density at radius 1 is 1.26 bits per heavy atom. The van der Waals surface area contributed by atoms with Crippen molar-refractivity contribution in [1.82, 2.24) is 5.09 Å². The maximum atomic E-state index is 13.4. The highest BCUT2D eigenvalue weighted by Gasteiger charge is 2.31. The van der Waals surface area contributed by atoms with Gasteiger partial charge in [-0.25, -0.2) is 9.88 Å². The fourth-order valence-corrected chi connectivity index (χ4v) is 5.99. The fourth-order valence-electron chi connectivity index (χ4n) is 4.02. The van der Waals surface area contributed by atoms with Crippen LogP contribution in [-0.4, -0.2) is 23.8 Å². The zero-order chi connectivity index (χ0) is 22.6. The van der Waals surface area contributed by atoms with Gasteiger partial charge in [0.15, 0.2) is 0 Å². The number of ether oxygens (including phenoxy) is 1. The number of carbonyl (C=O) groups is 1. The molecule has 1 heterocycles. The van der Waals surface area contributed by atoms with E-state index < -0.39 is 13.5 Å². The minimum atomic E-state index is -3.14. The lowest BCUT2D eigenvalue weighted by atomic mass is 9.89. The fraction of sp³-hybridized carbons (Fsp3) is 0.375. The largest absolute Gasteiger partial charge is 0.507 e. The summed E-state index contributed by atoms with van der Waals surface area (Å²) in [6.07, 6.45) is 3.35. The summed E-state index contributed by atoms with van der Waals surface area (Å²) in [7, 11) is -3.14. The van der Waals surface area contributed by atoms with E-state index in [1.165, 1.54) is 0 Å². The Morgan fingerprint density at radius 3 is 2.61 bits per heavy atom. The number of cyclic esters (lactones) is 1. The molecule has 3 rings (SSSR count). The van der Waals surface area contributed by atoms with Crippen LogP contribution in [0.15, 0.2) is 42.0 Å². The Labute approximate surface area is 183 Å². The summed E-state index contributed by atoms with van der Waals surface area (Å²) >= 11 is 0. The van der Waals surface area contributed by atoms with Gasteiger partial charge >= 0.3 is 13.5 Å². The topological polar surface area (TPSA) is 84.9 Å². The van der Waals surface area contributed by atoms with E-state index in [9.17, 15) is 14.5 Å². The highest BCUT2D eigenvalue weighted by atomic mass is 31.2. The molecule has 1 aliphatic heterocycles. The molecule has 166 valence electrons. The summed E-state index contributed by atoms with van der Waals surface area (Å²) in [4.78, 5) is 12.1. The third-order valence-corrected chi connectivity index (χ3v) is 7.73. The van der Waals surface area contributed by atoms with E-state index in [0.29, 0.717) is 18.7 Å². The van der Waals surface area contributed by atoms with E-state index in [1.54, 1.807) is 12.1 Å². The molecule has 6 nitrogen and oxygen atoms in total. The second-order valence-electron chi connectivity index (χ2n) is 7.72. The van der Waals surface area contributed by atoms with Gasteiger partial charge in [-0.2, -0.15) is 0 Å². The third kappa shape index (κ3) is 5.03. The Hall–Kier alpha value is -2.56. The average Bonchev–Trinajstić information content (AvgIpc) is 3.12. The predicted octanol–water partition coefficient (Wildman–Crippen LogP) is 5.30. The van der Waals surface area contributed by atoms with Crippen molar-refractivity contribution in [2.45, 2.75) is 47.1 Å². The molecule has 0 amide bonds. The predicted molar refractivity (Wildman–Crippen MR) is 122 cm³/mol. The number of fused-ring (bicyclic) bond motifs is 1. The van der Waals surface area contributed by atoms with Crippen molar-refractivity contribution in [2.24, 2.45) is 0 Å². The number of phenols is 1. The highest BCUT2D eigenvalue weighted by Crippen LogP contribution is 2.44. The van der Waals surface area contributed by atoms with E-state index in [4.69, 9.17) is 9.26 Å². The maximum absolute atomic E-state index is 13.4. The SMILES string of the molecule is CCNP(=O)(C/C(C)=C/Cc1c(O)c2c(c(C)c1CC)COC2=O)Oc1ccccc1. The van der Waals surface area contributed by atoms with E-state index in [0.717, 1.165) is 34.2 Å². The van der Waals surface area contributed by atoms with Crippen molar-refractivity contribution in [3.05, 3.63) is 69.8 Å². The first-order valence-electron chi connectivity index (χ1n) is 10.6. The number of rotatable bonds is 9. The molecule has 1 aliphatic rings. The minimum absolute atomic E-state index is 0.000554. The summed E-state index contributed by atoms with van der Waals surface area (Å²) in [5, 5.41) is 13.8. The van der Waals surface area contributed by atoms with Gasteiger partial charge in [-0.15, -0.1) is 0 Å². The number of para-hydroxylation sites is 1. The van der Waals surface area contributed by atoms with Crippen molar-refractivity contribution in [1.29, 1.82) is 0 Å². The first-order chi connectivity index (χ1) is 14.8. The number of phenolic OH excluding ortho intramolecular Hbond substituents is 1. The number of hydrogen-bond acceptors (Lipinski definition) is 5. The number of esters is 1. The summed E-state index contributed by atoms with van der Waals surface area (Å²) in [5.41, 5.74) is 4.67. The van der Waals surface area contributed by atoms with Crippen LogP contribution in [0, 0.1) is 6.92 Å². The van der Waals surface area contributed by atoms with E-state index >= 15 is 0 Å². The van der Waals surface area contributed by atoms with Crippen molar-refractivity contribution in [3.8, 4) is 11.5 Å². The molecule has 0 aromatic heterocycles. The van der Waals surface area contributed by atoms with Gasteiger partial charge in [0.1, 0.15) is 23.7 Å². The Kier molecular flexibility index (Phi) is 7.24. The lowest BCUT2D eigenvalue weighted by Gasteiger charge is -2.20. The second kappa shape index (κ2) is 9.71. The molecule has 1 unspecified atom stereocenters. The van der Waals surface area contributed by atoms with Crippen LogP contribution in [0.5, 0.6) is 11.5 Å². The molecule has 7 heteroatoms. The minimum Gasteiger partial charge on any atom is -0.507 e. The van der Waals surface area contributed by atoms with E-state index in [2.05, 4.69) is 5.09 Å². The van der Waals surface area contributed by atoms with Gasteiger partial charge in [0.05, 0.1) is 6.16 Å². The second-order valence-corrected chi connectivity index (χ2v) is 9.88. The van der Waals surface area contributed by atoms with E-state index in [-0.39, 0.29) is 24.1 Å². The summed E-state index contributed by atoms with van der Waals surface area (Å²) in [6.45, 7) is 8.50. The lowest BCUT2D eigenvalue weighted by Crippen LogP contribution is -2.17. The molecule has 0 bridgehead atoms. The third-order valence-electron chi connectivity index (χ3n) is 5.51. The molecular formula is C24H30NO5P. The van der Waals surface area contributed by atoms with Gasteiger partial charge in [0.2, 0.25) is 0 Å². The Morgan fingerprint density at radius 2 is 1.97 bits per heavy atom. The summed E-state index contributed by atoms with van der Waals surface area (Å²) in [6, 6.07) is 9.11. The van der Waals surface area contributed by atoms with Gasteiger partial charge in [0.25, 0.3) is 0 Å².